The summed E-state index contributed by atoms with van der Waals surface area (Å²) >= 11 is 0. The van der Waals surface area contributed by atoms with Crippen molar-refractivity contribution in [2.24, 2.45) is 0 Å². The van der Waals surface area contributed by atoms with E-state index in [1.54, 1.807) is 13.2 Å². The smallest absolute Gasteiger partial charge is 0.167 e. The minimum absolute atomic E-state index is 0.111. The summed E-state index contributed by atoms with van der Waals surface area (Å²) in [6, 6.07) is 9.15. The van der Waals surface area contributed by atoms with Gasteiger partial charge in [0.1, 0.15) is 11.4 Å². The van der Waals surface area contributed by atoms with E-state index in [0.717, 1.165) is 11.3 Å². The molecule has 0 amide bonds. The van der Waals surface area contributed by atoms with E-state index in [4.69, 9.17) is 14.4 Å². The first-order chi connectivity index (χ1) is 7.33. The molecule has 4 heteroatoms. The van der Waals surface area contributed by atoms with Crippen LogP contribution in [0.2, 0.25) is 0 Å². The molecule has 0 bridgehead atoms. The van der Waals surface area contributed by atoms with Crippen molar-refractivity contribution in [1.82, 2.24) is 5.16 Å². The number of ether oxygens (including phenoxy) is 1. The highest BCUT2D eigenvalue weighted by Crippen LogP contribution is 2.22. The van der Waals surface area contributed by atoms with E-state index >= 15 is 0 Å². The average molecular weight is 205 g/mol. The largest absolute Gasteiger partial charge is 0.497 e. The summed E-state index contributed by atoms with van der Waals surface area (Å²) in [6.07, 6.45) is 0. The fourth-order valence-electron chi connectivity index (χ4n) is 1.28. The Bertz CT molecular complexity index is 433. The molecular formula is C11H11NO3. The number of hydrogen-bond acceptors (Lipinski definition) is 4. The van der Waals surface area contributed by atoms with Crippen molar-refractivity contribution < 1.29 is 14.4 Å². The fourth-order valence-corrected chi connectivity index (χ4v) is 1.28. The van der Waals surface area contributed by atoms with Gasteiger partial charge in [-0.25, -0.2) is 0 Å². The lowest BCUT2D eigenvalue weighted by Crippen LogP contribution is -1.81. The third-order valence-electron chi connectivity index (χ3n) is 2.10. The number of hydrogen-bond donors (Lipinski definition) is 1. The predicted octanol–water partition coefficient (Wildman–Crippen LogP) is 1.84. The van der Waals surface area contributed by atoms with Gasteiger partial charge < -0.3 is 14.4 Å². The molecule has 0 unspecified atom stereocenters. The van der Waals surface area contributed by atoms with E-state index in [0.29, 0.717) is 11.5 Å². The van der Waals surface area contributed by atoms with Gasteiger partial charge in [-0.05, 0) is 24.3 Å². The highest BCUT2D eigenvalue weighted by Gasteiger charge is 2.05. The van der Waals surface area contributed by atoms with Gasteiger partial charge in [-0.15, -0.1) is 0 Å². The second-order valence-corrected chi connectivity index (χ2v) is 3.07. The van der Waals surface area contributed by atoms with Crippen LogP contribution in [0.1, 0.15) is 5.69 Å². The Labute approximate surface area is 87.1 Å². The van der Waals surface area contributed by atoms with Crippen LogP contribution in [0.3, 0.4) is 0 Å². The summed E-state index contributed by atoms with van der Waals surface area (Å²) in [6.45, 7) is -0.111. The van der Waals surface area contributed by atoms with Crippen LogP contribution in [-0.2, 0) is 6.61 Å². The average Bonchev–Trinajstić information content (AvgIpc) is 2.78. The molecule has 1 heterocycles. The monoisotopic (exact) mass is 205 g/mol. The molecule has 0 saturated carbocycles. The first-order valence-electron chi connectivity index (χ1n) is 4.54. The number of aromatic nitrogens is 1. The molecule has 15 heavy (non-hydrogen) atoms. The maximum Gasteiger partial charge on any atom is 0.167 e. The second-order valence-electron chi connectivity index (χ2n) is 3.07. The van der Waals surface area contributed by atoms with E-state index in [2.05, 4.69) is 5.16 Å². The lowest BCUT2D eigenvalue weighted by molar-refractivity contribution is 0.267. The van der Waals surface area contributed by atoms with Gasteiger partial charge in [0.15, 0.2) is 5.76 Å². The lowest BCUT2D eigenvalue weighted by atomic mass is 10.1. The number of aliphatic hydroxyl groups excluding tert-OH is 1. The van der Waals surface area contributed by atoms with Gasteiger partial charge in [0.05, 0.1) is 13.7 Å². The summed E-state index contributed by atoms with van der Waals surface area (Å²) in [5.74, 6) is 1.43. The molecule has 1 aromatic carbocycles. The SMILES string of the molecule is COc1ccc(-c2cc(CO)no2)cc1. The van der Waals surface area contributed by atoms with Gasteiger partial charge in [0.2, 0.25) is 0 Å². The molecule has 1 N–H and O–H groups in total. The molecule has 0 aliphatic carbocycles. The molecule has 0 aliphatic heterocycles. The Morgan fingerprint density at radius 1 is 1.33 bits per heavy atom. The number of methoxy groups -OCH3 is 1. The molecule has 0 saturated heterocycles. The highest BCUT2D eigenvalue weighted by molar-refractivity contribution is 5.58. The van der Waals surface area contributed by atoms with Crippen LogP contribution >= 0.6 is 0 Å². The standard InChI is InChI=1S/C11H11NO3/c1-14-10-4-2-8(3-5-10)11-6-9(7-13)12-15-11/h2-6,13H,7H2,1H3. The van der Waals surface area contributed by atoms with Crippen molar-refractivity contribution in [2.75, 3.05) is 7.11 Å². The van der Waals surface area contributed by atoms with Crippen molar-refractivity contribution in [1.29, 1.82) is 0 Å². The van der Waals surface area contributed by atoms with E-state index in [9.17, 15) is 0 Å². The van der Waals surface area contributed by atoms with Crippen LogP contribution in [0.25, 0.3) is 11.3 Å². The molecule has 2 rings (SSSR count). The molecule has 0 fully saturated rings. The molecule has 0 aliphatic rings. The molecule has 1 aromatic heterocycles. The molecule has 0 atom stereocenters. The van der Waals surface area contributed by atoms with Crippen LogP contribution in [0.15, 0.2) is 34.9 Å². The van der Waals surface area contributed by atoms with E-state index in [-0.39, 0.29) is 6.61 Å². The van der Waals surface area contributed by atoms with Crippen LogP contribution in [0.4, 0.5) is 0 Å². The summed E-state index contributed by atoms with van der Waals surface area (Å²) < 4.78 is 10.1. The number of nitrogens with zero attached hydrogens (tertiary/aromatic N) is 1. The third kappa shape index (κ3) is 1.99. The first kappa shape index (κ1) is 9.73. The minimum atomic E-state index is -0.111. The van der Waals surface area contributed by atoms with Crippen molar-refractivity contribution in [3.05, 3.63) is 36.0 Å². The second kappa shape index (κ2) is 4.14. The lowest BCUT2D eigenvalue weighted by Gasteiger charge is -1.99. The maximum atomic E-state index is 8.84. The van der Waals surface area contributed by atoms with Gasteiger partial charge in [0.25, 0.3) is 0 Å². The summed E-state index contributed by atoms with van der Waals surface area (Å²) in [4.78, 5) is 0. The zero-order valence-corrected chi connectivity index (χ0v) is 8.30. The quantitative estimate of drug-likeness (QED) is 0.830. The number of aliphatic hydroxyl groups is 1. The van der Waals surface area contributed by atoms with Gasteiger partial charge >= 0.3 is 0 Å². The zero-order valence-electron chi connectivity index (χ0n) is 8.30. The van der Waals surface area contributed by atoms with Crippen molar-refractivity contribution in [3.63, 3.8) is 0 Å². The third-order valence-corrected chi connectivity index (χ3v) is 2.10. The molecular weight excluding hydrogens is 194 g/mol. The normalized spacial score (nSPS) is 10.3. The van der Waals surface area contributed by atoms with Crippen LogP contribution in [-0.4, -0.2) is 17.4 Å². The Morgan fingerprint density at radius 2 is 2.07 bits per heavy atom. The Kier molecular flexibility index (Phi) is 2.69. The minimum Gasteiger partial charge on any atom is -0.497 e. The maximum absolute atomic E-state index is 8.84. The predicted molar refractivity (Wildman–Crippen MR) is 54.4 cm³/mol. The molecule has 0 spiro atoms. The van der Waals surface area contributed by atoms with Crippen LogP contribution in [0, 0.1) is 0 Å². The molecule has 2 aromatic rings. The van der Waals surface area contributed by atoms with E-state index in [1.807, 2.05) is 24.3 Å². The first-order valence-corrected chi connectivity index (χ1v) is 4.54. The van der Waals surface area contributed by atoms with Gasteiger partial charge in [-0.2, -0.15) is 0 Å². The molecule has 78 valence electrons. The summed E-state index contributed by atoms with van der Waals surface area (Å²) in [5, 5.41) is 12.5. The van der Waals surface area contributed by atoms with Crippen molar-refractivity contribution in [3.8, 4) is 17.1 Å². The fraction of sp³-hybridized carbons (Fsp3) is 0.182. The Morgan fingerprint density at radius 3 is 2.60 bits per heavy atom. The summed E-state index contributed by atoms with van der Waals surface area (Å²) in [7, 11) is 1.62. The topological polar surface area (TPSA) is 55.5 Å². The number of benzene rings is 1. The highest BCUT2D eigenvalue weighted by atomic mass is 16.5. The van der Waals surface area contributed by atoms with Crippen LogP contribution in [0.5, 0.6) is 5.75 Å². The molecule has 0 radical (unpaired) electrons. The van der Waals surface area contributed by atoms with Crippen molar-refractivity contribution >= 4 is 0 Å². The van der Waals surface area contributed by atoms with Crippen molar-refractivity contribution in [2.45, 2.75) is 6.61 Å². The Hall–Kier alpha value is -1.81. The van der Waals surface area contributed by atoms with Crippen LogP contribution < -0.4 is 4.74 Å². The zero-order chi connectivity index (χ0) is 10.7. The van der Waals surface area contributed by atoms with E-state index in [1.165, 1.54) is 0 Å². The number of rotatable bonds is 3. The summed E-state index contributed by atoms with van der Waals surface area (Å²) in [5.41, 5.74) is 1.43. The van der Waals surface area contributed by atoms with Gasteiger partial charge in [-0.1, -0.05) is 5.16 Å². The molecule has 4 nitrogen and oxygen atoms in total. The van der Waals surface area contributed by atoms with Gasteiger partial charge in [0, 0.05) is 11.6 Å². The van der Waals surface area contributed by atoms with E-state index < -0.39 is 0 Å². The Balaban J connectivity index is 2.28. The van der Waals surface area contributed by atoms with Gasteiger partial charge in [-0.3, -0.25) is 0 Å².